The Morgan fingerprint density at radius 2 is 2.26 bits per heavy atom. The van der Waals surface area contributed by atoms with Crippen LogP contribution in [0.2, 0.25) is 0 Å². The highest BCUT2D eigenvalue weighted by Gasteiger charge is 2.13. The van der Waals surface area contributed by atoms with Crippen molar-refractivity contribution in [2.75, 3.05) is 17.7 Å². The molecule has 0 radical (unpaired) electrons. The van der Waals surface area contributed by atoms with E-state index in [1.54, 1.807) is 6.07 Å². The molecule has 0 saturated carbocycles. The largest absolute Gasteiger partial charge is 0.491 e. The number of amides is 1. The number of aromatic amines is 1. The van der Waals surface area contributed by atoms with Crippen molar-refractivity contribution >= 4 is 17.4 Å². The smallest absolute Gasteiger partial charge is 0.261 e. The number of anilines is 2. The van der Waals surface area contributed by atoms with Gasteiger partial charge in [-0.25, -0.2) is 0 Å². The molecule has 1 amide bonds. The van der Waals surface area contributed by atoms with E-state index in [0.29, 0.717) is 23.6 Å². The third-order valence-electron chi connectivity index (χ3n) is 2.51. The Labute approximate surface area is 111 Å². The monoisotopic (exact) mass is 260 g/mol. The Bertz CT molecular complexity index is 565. The number of rotatable bonds is 5. The number of benzene rings is 1. The zero-order chi connectivity index (χ0) is 13.7. The lowest BCUT2D eigenvalue weighted by Gasteiger charge is -2.11. The standard InChI is InChI=1S/C13H16N4O2/c1-2-7-19-11-6-4-3-5-10(11)16-13(18)9-8-15-17-12(9)14/h3-6,8H,2,7H2,1H3,(H,16,18)(H3,14,15,17). The zero-order valence-corrected chi connectivity index (χ0v) is 10.6. The van der Waals surface area contributed by atoms with E-state index < -0.39 is 0 Å². The lowest BCUT2D eigenvalue weighted by molar-refractivity contribution is 0.102. The van der Waals surface area contributed by atoms with Crippen LogP contribution in [0.25, 0.3) is 0 Å². The van der Waals surface area contributed by atoms with Crippen LogP contribution in [0.15, 0.2) is 30.5 Å². The van der Waals surface area contributed by atoms with Gasteiger partial charge < -0.3 is 15.8 Å². The third-order valence-corrected chi connectivity index (χ3v) is 2.51. The first-order valence-corrected chi connectivity index (χ1v) is 6.04. The lowest BCUT2D eigenvalue weighted by atomic mass is 10.2. The normalized spacial score (nSPS) is 10.2. The van der Waals surface area contributed by atoms with E-state index >= 15 is 0 Å². The first-order valence-electron chi connectivity index (χ1n) is 6.04. The van der Waals surface area contributed by atoms with Crippen molar-refractivity contribution in [3.8, 4) is 5.75 Å². The van der Waals surface area contributed by atoms with Gasteiger partial charge in [0, 0.05) is 0 Å². The van der Waals surface area contributed by atoms with Crippen molar-refractivity contribution in [1.82, 2.24) is 10.2 Å². The van der Waals surface area contributed by atoms with E-state index in [1.165, 1.54) is 6.20 Å². The molecule has 0 atom stereocenters. The number of nitrogens with zero attached hydrogens (tertiary/aromatic N) is 1. The first kappa shape index (κ1) is 12.9. The number of H-pyrrole nitrogens is 1. The van der Waals surface area contributed by atoms with Gasteiger partial charge in [-0.3, -0.25) is 9.89 Å². The van der Waals surface area contributed by atoms with Crippen LogP contribution in [0.5, 0.6) is 5.75 Å². The highest BCUT2D eigenvalue weighted by Crippen LogP contribution is 2.24. The molecule has 19 heavy (non-hydrogen) atoms. The van der Waals surface area contributed by atoms with Crippen molar-refractivity contribution < 1.29 is 9.53 Å². The maximum absolute atomic E-state index is 12.0. The van der Waals surface area contributed by atoms with Crippen LogP contribution in [0.3, 0.4) is 0 Å². The van der Waals surface area contributed by atoms with Gasteiger partial charge in [-0.05, 0) is 18.6 Å². The predicted octanol–water partition coefficient (Wildman–Crippen LogP) is 2.03. The van der Waals surface area contributed by atoms with Gasteiger partial charge in [0.15, 0.2) is 0 Å². The minimum Gasteiger partial charge on any atom is -0.491 e. The molecule has 6 heteroatoms. The summed E-state index contributed by atoms with van der Waals surface area (Å²) >= 11 is 0. The second-order valence-electron chi connectivity index (χ2n) is 4.00. The van der Waals surface area contributed by atoms with E-state index in [9.17, 15) is 4.79 Å². The molecule has 2 aromatic rings. The third kappa shape index (κ3) is 3.04. The van der Waals surface area contributed by atoms with Gasteiger partial charge in [-0.15, -0.1) is 0 Å². The van der Waals surface area contributed by atoms with Crippen LogP contribution < -0.4 is 15.8 Å². The second kappa shape index (κ2) is 5.90. The minimum absolute atomic E-state index is 0.240. The molecule has 0 spiro atoms. The second-order valence-corrected chi connectivity index (χ2v) is 4.00. The Morgan fingerprint density at radius 1 is 1.47 bits per heavy atom. The number of aromatic nitrogens is 2. The van der Waals surface area contributed by atoms with Crippen LogP contribution >= 0.6 is 0 Å². The van der Waals surface area contributed by atoms with Crippen molar-refractivity contribution in [1.29, 1.82) is 0 Å². The summed E-state index contributed by atoms with van der Waals surface area (Å²) in [4.78, 5) is 12.0. The maximum Gasteiger partial charge on any atom is 0.261 e. The number of carbonyl (C=O) groups excluding carboxylic acids is 1. The average molecular weight is 260 g/mol. The topological polar surface area (TPSA) is 93.0 Å². The summed E-state index contributed by atoms with van der Waals surface area (Å²) in [5.41, 5.74) is 6.53. The Morgan fingerprint density at radius 3 is 2.95 bits per heavy atom. The molecule has 1 aromatic carbocycles. The number of hydrogen-bond acceptors (Lipinski definition) is 4. The summed E-state index contributed by atoms with van der Waals surface area (Å²) in [7, 11) is 0. The Balaban J connectivity index is 2.15. The number of para-hydroxylation sites is 2. The molecule has 0 aliphatic carbocycles. The van der Waals surface area contributed by atoms with Gasteiger partial charge in [0.05, 0.1) is 18.5 Å². The van der Waals surface area contributed by atoms with Gasteiger partial charge in [0.2, 0.25) is 0 Å². The van der Waals surface area contributed by atoms with Gasteiger partial charge in [0.1, 0.15) is 17.1 Å². The van der Waals surface area contributed by atoms with Crippen molar-refractivity contribution in [3.05, 3.63) is 36.0 Å². The predicted molar refractivity (Wildman–Crippen MR) is 73.2 cm³/mol. The van der Waals surface area contributed by atoms with Crippen LogP contribution in [0, 0.1) is 0 Å². The van der Waals surface area contributed by atoms with Gasteiger partial charge in [0.25, 0.3) is 5.91 Å². The van der Waals surface area contributed by atoms with E-state index in [1.807, 2.05) is 25.1 Å². The molecule has 2 rings (SSSR count). The fraction of sp³-hybridized carbons (Fsp3) is 0.231. The molecule has 6 nitrogen and oxygen atoms in total. The summed E-state index contributed by atoms with van der Waals surface area (Å²) in [6.45, 7) is 2.62. The van der Waals surface area contributed by atoms with Crippen LogP contribution in [-0.4, -0.2) is 22.7 Å². The molecule has 1 heterocycles. The summed E-state index contributed by atoms with van der Waals surface area (Å²) in [5, 5.41) is 8.99. The summed E-state index contributed by atoms with van der Waals surface area (Å²) < 4.78 is 5.57. The molecule has 0 saturated heterocycles. The molecule has 0 aliphatic heterocycles. The van der Waals surface area contributed by atoms with Crippen molar-refractivity contribution in [2.45, 2.75) is 13.3 Å². The Kier molecular flexibility index (Phi) is 4.02. The van der Waals surface area contributed by atoms with Gasteiger partial charge >= 0.3 is 0 Å². The minimum atomic E-state index is -0.321. The molecule has 1 aromatic heterocycles. The van der Waals surface area contributed by atoms with Crippen LogP contribution in [0.4, 0.5) is 11.5 Å². The number of nitrogens with one attached hydrogen (secondary N) is 2. The van der Waals surface area contributed by atoms with Gasteiger partial charge in [-0.1, -0.05) is 19.1 Å². The van der Waals surface area contributed by atoms with Crippen LogP contribution in [-0.2, 0) is 0 Å². The van der Waals surface area contributed by atoms with E-state index in [2.05, 4.69) is 15.5 Å². The quantitative estimate of drug-likeness (QED) is 0.766. The molecule has 0 bridgehead atoms. The molecule has 4 N–H and O–H groups in total. The number of carbonyl (C=O) groups is 1. The number of hydrogen-bond donors (Lipinski definition) is 3. The summed E-state index contributed by atoms with van der Waals surface area (Å²) in [5.74, 6) is 0.558. The van der Waals surface area contributed by atoms with Crippen molar-refractivity contribution in [3.63, 3.8) is 0 Å². The molecule has 0 unspecified atom stereocenters. The van der Waals surface area contributed by atoms with E-state index in [-0.39, 0.29) is 11.7 Å². The van der Waals surface area contributed by atoms with E-state index in [4.69, 9.17) is 10.5 Å². The average Bonchev–Trinajstić information content (AvgIpc) is 2.84. The highest BCUT2D eigenvalue weighted by molar-refractivity contribution is 6.07. The maximum atomic E-state index is 12.0. The number of nitrogen functional groups attached to an aromatic ring is 1. The SMILES string of the molecule is CCCOc1ccccc1NC(=O)c1cn[nH]c1N. The van der Waals surface area contributed by atoms with Crippen molar-refractivity contribution in [2.24, 2.45) is 0 Å². The number of ether oxygens (including phenoxy) is 1. The molecular weight excluding hydrogens is 244 g/mol. The first-order chi connectivity index (χ1) is 9.22. The molecular formula is C13H16N4O2. The van der Waals surface area contributed by atoms with Gasteiger partial charge in [-0.2, -0.15) is 5.10 Å². The van der Waals surface area contributed by atoms with Crippen LogP contribution in [0.1, 0.15) is 23.7 Å². The number of nitrogens with two attached hydrogens (primary N) is 1. The Hall–Kier alpha value is -2.50. The zero-order valence-electron chi connectivity index (χ0n) is 10.6. The fourth-order valence-corrected chi connectivity index (χ4v) is 1.57. The molecule has 0 aliphatic rings. The molecule has 0 fully saturated rings. The fourth-order valence-electron chi connectivity index (χ4n) is 1.57. The summed E-state index contributed by atoms with van der Waals surface area (Å²) in [6.07, 6.45) is 2.29. The highest BCUT2D eigenvalue weighted by atomic mass is 16.5. The lowest BCUT2D eigenvalue weighted by Crippen LogP contribution is -2.14. The molecule has 100 valence electrons. The summed E-state index contributed by atoms with van der Waals surface area (Å²) in [6, 6.07) is 7.27. The van der Waals surface area contributed by atoms with E-state index in [0.717, 1.165) is 6.42 Å².